The van der Waals surface area contributed by atoms with E-state index in [-0.39, 0.29) is 0 Å². The molecule has 28 heavy (non-hydrogen) atoms. The molecule has 0 saturated heterocycles. The van der Waals surface area contributed by atoms with Gasteiger partial charge in [-0.25, -0.2) is 0 Å². The lowest BCUT2D eigenvalue weighted by Crippen LogP contribution is -2.51. The first kappa shape index (κ1) is 21.2. The highest BCUT2D eigenvalue weighted by Crippen LogP contribution is 2.12. The minimum absolute atomic E-state index is 0.401. The van der Waals surface area contributed by atoms with Gasteiger partial charge in [-0.05, 0) is 48.2 Å². The van der Waals surface area contributed by atoms with Crippen molar-refractivity contribution in [3.05, 3.63) is 59.7 Å². The molecule has 0 radical (unpaired) electrons. The number of amides is 2. The number of benzene rings is 2. The summed E-state index contributed by atoms with van der Waals surface area (Å²) in [6.07, 6.45) is 1.28. The van der Waals surface area contributed by atoms with Crippen molar-refractivity contribution in [3.8, 4) is 11.5 Å². The molecule has 2 rings (SSSR count). The number of methoxy groups -OCH3 is 2. The normalized spacial score (nSPS) is 10.4. The number of hydrogen-bond donors (Lipinski definition) is 3. The van der Waals surface area contributed by atoms with Gasteiger partial charge in [-0.3, -0.25) is 9.59 Å². The minimum atomic E-state index is -1.23. The second-order valence-corrected chi connectivity index (χ2v) is 6.26. The summed E-state index contributed by atoms with van der Waals surface area (Å²) in [6, 6.07) is 13.9. The molecule has 2 amide bonds. The van der Waals surface area contributed by atoms with Gasteiger partial charge in [0.2, 0.25) is 11.8 Å². The zero-order valence-corrected chi connectivity index (χ0v) is 16.2. The zero-order chi connectivity index (χ0) is 20.4. The van der Waals surface area contributed by atoms with Crippen LogP contribution in [0, 0.1) is 0 Å². The molecule has 2 aromatic rings. The van der Waals surface area contributed by atoms with Crippen LogP contribution >= 0.6 is 0 Å². The Morgan fingerprint density at radius 1 is 0.786 bits per heavy atom. The molecule has 0 atom stereocenters. The molecule has 2 aromatic carbocycles. The first-order chi connectivity index (χ1) is 13.5. The van der Waals surface area contributed by atoms with Crippen LogP contribution in [0.15, 0.2) is 48.5 Å². The number of carbonyl (C=O) groups is 2. The minimum Gasteiger partial charge on any atom is -0.497 e. The van der Waals surface area contributed by atoms with E-state index in [4.69, 9.17) is 15.2 Å². The van der Waals surface area contributed by atoms with Gasteiger partial charge in [0.15, 0.2) is 6.04 Å². The Labute approximate surface area is 165 Å². The third-order valence-electron chi connectivity index (χ3n) is 4.31. The monoisotopic (exact) mass is 385 g/mol. The highest BCUT2D eigenvalue weighted by Gasteiger charge is 2.21. The molecule has 0 fully saturated rings. The quantitative estimate of drug-likeness (QED) is 0.531. The molecule has 0 bridgehead atoms. The molecule has 4 N–H and O–H groups in total. The van der Waals surface area contributed by atoms with Crippen LogP contribution < -0.4 is 25.8 Å². The van der Waals surface area contributed by atoms with Crippen LogP contribution in [0.5, 0.6) is 11.5 Å². The number of rotatable bonds is 10. The van der Waals surface area contributed by atoms with Crippen molar-refractivity contribution >= 4 is 11.8 Å². The molecular weight excluding hydrogens is 358 g/mol. The molecule has 150 valence electrons. The summed E-state index contributed by atoms with van der Waals surface area (Å²) in [5, 5.41) is 5.38. The van der Waals surface area contributed by atoms with Gasteiger partial charge in [-0.2, -0.15) is 0 Å². The van der Waals surface area contributed by atoms with Crippen LogP contribution in [-0.4, -0.2) is 45.2 Å². The SMILES string of the molecule is COc1ccc(CCNC(=O)C(N)C(=O)NCCc2ccc(OC)cc2)cc1. The average Bonchev–Trinajstić information content (AvgIpc) is 2.74. The van der Waals surface area contributed by atoms with Crippen molar-refractivity contribution in [2.45, 2.75) is 18.9 Å². The second-order valence-electron chi connectivity index (χ2n) is 6.26. The molecule has 7 nitrogen and oxygen atoms in total. The molecule has 0 aliphatic carbocycles. The third kappa shape index (κ3) is 6.59. The zero-order valence-electron chi connectivity index (χ0n) is 16.2. The first-order valence-electron chi connectivity index (χ1n) is 9.10. The van der Waals surface area contributed by atoms with Crippen LogP contribution in [0.1, 0.15) is 11.1 Å². The van der Waals surface area contributed by atoms with Crippen molar-refractivity contribution in [3.63, 3.8) is 0 Å². The van der Waals surface area contributed by atoms with Crippen molar-refractivity contribution in [1.82, 2.24) is 10.6 Å². The molecule has 0 aromatic heterocycles. The van der Waals surface area contributed by atoms with Crippen LogP contribution in [0.25, 0.3) is 0 Å². The van der Waals surface area contributed by atoms with Crippen molar-refractivity contribution < 1.29 is 19.1 Å². The van der Waals surface area contributed by atoms with Crippen LogP contribution in [-0.2, 0) is 22.4 Å². The molecule has 0 heterocycles. The fraction of sp³-hybridized carbons (Fsp3) is 0.333. The standard InChI is InChI=1S/C21H27N3O4/c1-27-17-7-3-15(4-8-17)11-13-23-20(25)19(22)21(26)24-14-12-16-5-9-18(28-2)10-6-16/h3-10,19H,11-14,22H2,1-2H3,(H,23,25)(H,24,26). The Morgan fingerprint density at radius 3 is 1.46 bits per heavy atom. The number of nitrogens with two attached hydrogens (primary N) is 1. The fourth-order valence-electron chi connectivity index (χ4n) is 2.58. The molecule has 0 saturated carbocycles. The van der Waals surface area contributed by atoms with Crippen molar-refractivity contribution in [2.24, 2.45) is 5.73 Å². The Balaban J connectivity index is 1.68. The van der Waals surface area contributed by atoms with Crippen molar-refractivity contribution in [2.75, 3.05) is 27.3 Å². The largest absolute Gasteiger partial charge is 0.497 e. The Kier molecular flexibility index (Phi) is 8.30. The summed E-state index contributed by atoms with van der Waals surface area (Å²) < 4.78 is 10.2. The van der Waals surface area contributed by atoms with Crippen LogP contribution in [0.2, 0.25) is 0 Å². The number of carbonyl (C=O) groups excluding carboxylic acids is 2. The molecule has 0 unspecified atom stereocenters. The van der Waals surface area contributed by atoms with Gasteiger partial charge in [-0.1, -0.05) is 24.3 Å². The van der Waals surface area contributed by atoms with E-state index in [2.05, 4.69) is 10.6 Å². The Hall–Kier alpha value is -3.06. The van der Waals surface area contributed by atoms with Crippen molar-refractivity contribution in [1.29, 1.82) is 0 Å². The molecule has 0 spiro atoms. The summed E-state index contributed by atoms with van der Waals surface area (Å²) in [7, 11) is 3.22. The van der Waals surface area contributed by atoms with Gasteiger partial charge >= 0.3 is 0 Å². The van der Waals surface area contributed by atoms with E-state index in [9.17, 15) is 9.59 Å². The topological polar surface area (TPSA) is 103 Å². The van der Waals surface area contributed by atoms with Gasteiger partial charge in [0.05, 0.1) is 14.2 Å². The van der Waals surface area contributed by atoms with E-state index in [0.29, 0.717) is 25.9 Å². The summed E-state index contributed by atoms with van der Waals surface area (Å²) >= 11 is 0. The summed E-state index contributed by atoms with van der Waals surface area (Å²) in [6.45, 7) is 0.802. The first-order valence-corrected chi connectivity index (χ1v) is 9.10. The predicted molar refractivity (Wildman–Crippen MR) is 107 cm³/mol. The number of ether oxygens (including phenoxy) is 2. The smallest absolute Gasteiger partial charge is 0.246 e. The van der Waals surface area contributed by atoms with E-state index in [0.717, 1.165) is 22.6 Å². The maximum absolute atomic E-state index is 12.0. The van der Waals surface area contributed by atoms with Crippen LogP contribution in [0.4, 0.5) is 0 Å². The Bertz CT molecular complexity index is 695. The molecular formula is C21H27N3O4. The molecule has 0 aliphatic heterocycles. The summed E-state index contributed by atoms with van der Waals surface area (Å²) in [4.78, 5) is 24.1. The highest BCUT2D eigenvalue weighted by molar-refractivity contribution is 6.04. The highest BCUT2D eigenvalue weighted by atomic mass is 16.5. The number of nitrogens with one attached hydrogen (secondary N) is 2. The van der Waals surface area contributed by atoms with Gasteiger partial charge in [0.1, 0.15) is 11.5 Å². The lowest BCUT2D eigenvalue weighted by atomic mass is 10.1. The summed E-state index contributed by atoms with van der Waals surface area (Å²) in [5.74, 6) is 0.577. The lowest BCUT2D eigenvalue weighted by Gasteiger charge is -2.13. The van der Waals surface area contributed by atoms with Gasteiger partial charge in [0, 0.05) is 13.1 Å². The van der Waals surface area contributed by atoms with Gasteiger partial charge in [-0.15, -0.1) is 0 Å². The van der Waals surface area contributed by atoms with E-state index in [1.54, 1.807) is 14.2 Å². The lowest BCUT2D eigenvalue weighted by molar-refractivity contribution is -0.131. The van der Waals surface area contributed by atoms with E-state index in [1.165, 1.54) is 0 Å². The van der Waals surface area contributed by atoms with Gasteiger partial charge < -0.3 is 25.8 Å². The van der Waals surface area contributed by atoms with Crippen LogP contribution in [0.3, 0.4) is 0 Å². The molecule has 0 aliphatic rings. The Morgan fingerprint density at radius 2 is 1.14 bits per heavy atom. The second kappa shape index (κ2) is 10.9. The maximum Gasteiger partial charge on any atom is 0.246 e. The van der Waals surface area contributed by atoms with Gasteiger partial charge in [0.25, 0.3) is 0 Å². The maximum atomic E-state index is 12.0. The molecule has 7 heteroatoms. The van der Waals surface area contributed by atoms with E-state index < -0.39 is 17.9 Å². The van der Waals surface area contributed by atoms with E-state index in [1.807, 2.05) is 48.5 Å². The number of hydrogen-bond acceptors (Lipinski definition) is 5. The third-order valence-corrected chi connectivity index (χ3v) is 4.31. The summed E-state index contributed by atoms with van der Waals surface area (Å²) in [5.41, 5.74) is 7.85. The predicted octanol–water partition coefficient (Wildman–Crippen LogP) is 1.05. The average molecular weight is 385 g/mol. The van der Waals surface area contributed by atoms with E-state index >= 15 is 0 Å². The fourth-order valence-corrected chi connectivity index (χ4v) is 2.58.